The van der Waals surface area contributed by atoms with Crippen LogP contribution < -0.4 is 16.4 Å². The van der Waals surface area contributed by atoms with Gasteiger partial charge in [0.2, 0.25) is 0 Å². The molecule has 2 aromatic heterocycles. The quantitative estimate of drug-likeness (QED) is 0.403. The average molecular weight is 434 g/mol. The molecule has 0 unspecified atom stereocenters. The van der Waals surface area contributed by atoms with Gasteiger partial charge in [0.1, 0.15) is 16.5 Å². The van der Waals surface area contributed by atoms with Crippen LogP contribution in [0.2, 0.25) is 10.2 Å². The highest BCUT2D eigenvalue weighted by molar-refractivity contribution is 6.31. The highest BCUT2D eigenvalue weighted by atomic mass is 35.5. The number of carbonyl (C=O) groups excluding carboxylic acids is 1. The van der Waals surface area contributed by atoms with Crippen LogP contribution >= 0.6 is 23.2 Å². The summed E-state index contributed by atoms with van der Waals surface area (Å²) in [7, 11) is 0. The standard InChI is InChI=1S/C15H12Cl2F3N7O/c16-6-2-1-3-7(4-6)23-14-9(12(21)28)13(26-27-14)22-5-8-10(15(18,19)20)24-25-11(8)17/h1-4H,5H2,(H2,21,28)(H,24,25)(H3,22,23,26,27). The number of benzene rings is 1. The third kappa shape index (κ3) is 4.15. The number of hydrogen-bond acceptors (Lipinski definition) is 5. The molecule has 8 nitrogen and oxygen atoms in total. The van der Waals surface area contributed by atoms with E-state index in [1.54, 1.807) is 24.3 Å². The van der Waals surface area contributed by atoms with Crippen molar-refractivity contribution < 1.29 is 18.0 Å². The Hall–Kier alpha value is -2.92. The van der Waals surface area contributed by atoms with Crippen molar-refractivity contribution in [3.8, 4) is 0 Å². The third-order valence-electron chi connectivity index (χ3n) is 3.63. The molecule has 1 aromatic carbocycles. The number of rotatable bonds is 6. The summed E-state index contributed by atoms with van der Waals surface area (Å²) in [5.41, 5.74) is 4.37. The molecule has 0 aliphatic carbocycles. The van der Waals surface area contributed by atoms with Crippen LogP contribution in [-0.2, 0) is 12.7 Å². The van der Waals surface area contributed by atoms with Gasteiger partial charge in [-0.25, -0.2) is 0 Å². The van der Waals surface area contributed by atoms with E-state index in [-0.39, 0.29) is 34.5 Å². The van der Waals surface area contributed by atoms with Gasteiger partial charge in [-0.3, -0.25) is 15.0 Å². The zero-order valence-corrected chi connectivity index (χ0v) is 15.3. The Balaban J connectivity index is 1.85. The molecule has 0 radical (unpaired) electrons. The highest BCUT2D eigenvalue weighted by Crippen LogP contribution is 2.34. The number of nitrogens with two attached hydrogens (primary N) is 1. The molecule has 13 heteroatoms. The van der Waals surface area contributed by atoms with Crippen molar-refractivity contribution in [2.45, 2.75) is 12.7 Å². The zero-order valence-electron chi connectivity index (χ0n) is 13.8. The topological polar surface area (TPSA) is 125 Å². The molecule has 28 heavy (non-hydrogen) atoms. The van der Waals surface area contributed by atoms with E-state index in [9.17, 15) is 18.0 Å². The van der Waals surface area contributed by atoms with Crippen molar-refractivity contribution in [3.63, 3.8) is 0 Å². The van der Waals surface area contributed by atoms with Gasteiger partial charge in [-0.05, 0) is 18.2 Å². The molecule has 3 rings (SSSR count). The van der Waals surface area contributed by atoms with Crippen molar-refractivity contribution >= 4 is 46.4 Å². The van der Waals surface area contributed by atoms with Gasteiger partial charge >= 0.3 is 6.18 Å². The Bertz CT molecular complexity index is 1020. The van der Waals surface area contributed by atoms with Crippen LogP contribution in [-0.4, -0.2) is 26.3 Å². The van der Waals surface area contributed by atoms with Crippen LogP contribution in [0.4, 0.5) is 30.5 Å². The number of aromatic amines is 2. The molecule has 0 fully saturated rings. The van der Waals surface area contributed by atoms with E-state index >= 15 is 0 Å². The molecule has 0 atom stereocenters. The molecule has 0 spiro atoms. The molecule has 1 amide bonds. The Morgan fingerprint density at radius 3 is 2.61 bits per heavy atom. The second kappa shape index (κ2) is 7.60. The van der Waals surface area contributed by atoms with Gasteiger partial charge in [0.15, 0.2) is 11.5 Å². The number of nitrogens with one attached hydrogen (secondary N) is 4. The smallest absolute Gasteiger partial charge is 0.365 e. The van der Waals surface area contributed by atoms with Crippen LogP contribution in [0.25, 0.3) is 0 Å². The van der Waals surface area contributed by atoms with Crippen molar-refractivity contribution in [1.82, 2.24) is 20.4 Å². The van der Waals surface area contributed by atoms with E-state index in [4.69, 9.17) is 28.9 Å². The SMILES string of the molecule is NC(=O)c1c(Nc2cccc(Cl)c2)n[nH]c1NCc1c(C(F)(F)F)n[nH]c1Cl. The number of alkyl halides is 3. The summed E-state index contributed by atoms with van der Waals surface area (Å²) in [4.78, 5) is 11.8. The number of primary amides is 1. The third-order valence-corrected chi connectivity index (χ3v) is 4.17. The van der Waals surface area contributed by atoms with Crippen LogP contribution in [0.3, 0.4) is 0 Å². The predicted octanol–water partition coefficient (Wildman–Crippen LogP) is 3.91. The van der Waals surface area contributed by atoms with E-state index in [0.29, 0.717) is 10.7 Å². The maximum Gasteiger partial charge on any atom is 0.435 e. The van der Waals surface area contributed by atoms with Gasteiger partial charge in [-0.2, -0.15) is 23.4 Å². The summed E-state index contributed by atoms with van der Waals surface area (Å²) >= 11 is 11.7. The molecule has 3 aromatic rings. The number of amides is 1. The lowest BCUT2D eigenvalue weighted by Gasteiger charge is -2.09. The Kier molecular flexibility index (Phi) is 5.38. The lowest BCUT2D eigenvalue weighted by molar-refractivity contribution is -0.141. The van der Waals surface area contributed by atoms with Crippen LogP contribution in [0, 0.1) is 0 Å². The first-order valence-electron chi connectivity index (χ1n) is 7.61. The van der Waals surface area contributed by atoms with Crippen LogP contribution in [0.15, 0.2) is 24.3 Å². The molecular formula is C15H12Cl2F3N7O. The van der Waals surface area contributed by atoms with Gasteiger partial charge < -0.3 is 16.4 Å². The predicted molar refractivity (Wildman–Crippen MR) is 97.8 cm³/mol. The Labute approximate surface area is 165 Å². The molecule has 0 saturated heterocycles. The van der Waals surface area contributed by atoms with E-state index in [2.05, 4.69) is 31.0 Å². The zero-order chi connectivity index (χ0) is 20.5. The maximum atomic E-state index is 13.0. The summed E-state index contributed by atoms with van der Waals surface area (Å²) < 4.78 is 39.0. The second-order valence-corrected chi connectivity index (χ2v) is 6.35. The van der Waals surface area contributed by atoms with E-state index < -0.39 is 17.8 Å². The van der Waals surface area contributed by atoms with E-state index in [0.717, 1.165) is 0 Å². The molecule has 148 valence electrons. The first kappa shape index (κ1) is 19.8. The largest absolute Gasteiger partial charge is 0.435 e. The lowest BCUT2D eigenvalue weighted by Crippen LogP contribution is -2.16. The minimum atomic E-state index is -4.69. The maximum absolute atomic E-state index is 13.0. The van der Waals surface area contributed by atoms with Crippen molar-refractivity contribution in [2.24, 2.45) is 5.73 Å². The van der Waals surface area contributed by atoms with Crippen LogP contribution in [0.1, 0.15) is 21.6 Å². The fraction of sp³-hybridized carbons (Fsp3) is 0.133. The normalized spacial score (nSPS) is 11.5. The molecular weight excluding hydrogens is 422 g/mol. The second-order valence-electron chi connectivity index (χ2n) is 5.54. The fourth-order valence-electron chi connectivity index (χ4n) is 2.42. The minimum absolute atomic E-state index is 0.0161. The molecule has 0 aliphatic heterocycles. The summed E-state index contributed by atoms with van der Waals surface area (Å²) in [6.45, 7) is -0.386. The number of carbonyl (C=O) groups is 1. The van der Waals surface area contributed by atoms with E-state index in [1.807, 2.05) is 0 Å². The van der Waals surface area contributed by atoms with E-state index in [1.165, 1.54) is 0 Å². The van der Waals surface area contributed by atoms with Crippen LogP contribution in [0.5, 0.6) is 0 Å². The van der Waals surface area contributed by atoms with Crippen molar-refractivity contribution in [1.29, 1.82) is 0 Å². The minimum Gasteiger partial charge on any atom is -0.365 e. The average Bonchev–Trinajstić information content (AvgIpc) is 3.16. The van der Waals surface area contributed by atoms with Gasteiger partial charge in [0, 0.05) is 22.8 Å². The van der Waals surface area contributed by atoms with Crippen molar-refractivity contribution in [2.75, 3.05) is 10.6 Å². The molecule has 0 saturated carbocycles. The van der Waals surface area contributed by atoms with Gasteiger partial charge in [0.25, 0.3) is 5.91 Å². The highest BCUT2D eigenvalue weighted by Gasteiger charge is 2.37. The first-order chi connectivity index (χ1) is 13.2. The lowest BCUT2D eigenvalue weighted by atomic mass is 10.2. The summed E-state index contributed by atoms with van der Waals surface area (Å²) in [5, 5.41) is 17.4. The molecule has 6 N–H and O–H groups in total. The van der Waals surface area contributed by atoms with Gasteiger partial charge in [-0.1, -0.05) is 29.3 Å². The number of halogens is 5. The number of aromatic nitrogens is 4. The molecule has 2 heterocycles. The van der Waals surface area contributed by atoms with Crippen molar-refractivity contribution in [3.05, 3.63) is 51.3 Å². The summed E-state index contributed by atoms with van der Waals surface area (Å²) in [6.07, 6.45) is -4.69. The van der Waals surface area contributed by atoms with Gasteiger partial charge in [0.05, 0.1) is 0 Å². The fourth-order valence-corrected chi connectivity index (χ4v) is 2.81. The number of nitrogens with zero attached hydrogens (tertiary/aromatic N) is 2. The Morgan fingerprint density at radius 2 is 1.96 bits per heavy atom. The number of anilines is 3. The molecule has 0 aliphatic rings. The monoisotopic (exact) mass is 433 g/mol. The summed E-state index contributed by atoms with van der Waals surface area (Å²) in [5.74, 6) is -0.760. The molecule has 0 bridgehead atoms. The first-order valence-corrected chi connectivity index (χ1v) is 8.37. The number of H-pyrrole nitrogens is 2. The van der Waals surface area contributed by atoms with Gasteiger partial charge in [-0.15, -0.1) is 0 Å². The Morgan fingerprint density at radius 1 is 1.21 bits per heavy atom. The summed E-state index contributed by atoms with van der Waals surface area (Å²) in [6, 6.07) is 6.61. The number of hydrogen-bond donors (Lipinski definition) is 5.